The Labute approximate surface area is 113 Å². The molecule has 0 spiro atoms. The van der Waals surface area contributed by atoms with Gasteiger partial charge in [0.05, 0.1) is 12.7 Å². The van der Waals surface area contributed by atoms with E-state index in [9.17, 15) is 9.18 Å². The average Bonchev–Trinajstić information content (AvgIpc) is 2.38. The molecular weight excluding hydrogens is 299 g/mol. The molecule has 0 aliphatic heterocycles. The molecule has 0 saturated heterocycles. The van der Waals surface area contributed by atoms with Crippen molar-refractivity contribution in [3.8, 4) is 5.75 Å². The molecule has 0 unspecified atom stereocenters. The van der Waals surface area contributed by atoms with Gasteiger partial charge in [-0.15, -0.1) is 0 Å². The number of benzene rings is 2. The van der Waals surface area contributed by atoms with Gasteiger partial charge in [0.25, 0.3) is 0 Å². The molecule has 0 fully saturated rings. The molecule has 0 bridgehead atoms. The third-order valence-corrected chi connectivity index (χ3v) is 3.22. The van der Waals surface area contributed by atoms with Crippen LogP contribution >= 0.6 is 15.9 Å². The van der Waals surface area contributed by atoms with E-state index in [4.69, 9.17) is 4.74 Å². The highest BCUT2D eigenvalue weighted by Crippen LogP contribution is 2.26. The first-order valence-corrected chi connectivity index (χ1v) is 6.05. The number of ether oxygens (including phenoxy) is 1. The highest BCUT2D eigenvalue weighted by atomic mass is 79.9. The maximum atomic E-state index is 13.2. The fourth-order valence-corrected chi connectivity index (χ4v) is 2.11. The van der Waals surface area contributed by atoms with E-state index < -0.39 is 5.82 Å². The van der Waals surface area contributed by atoms with Crippen molar-refractivity contribution in [3.63, 3.8) is 0 Å². The Morgan fingerprint density at radius 3 is 2.56 bits per heavy atom. The van der Waals surface area contributed by atoms with Crippen molar-refractivity contribution in [1.29, 1.82) is 0 Å². The van der Waals surface area contributed by atoms with Gasteiger partial charge in [-0.1, -0.05) is 28.1 Å². The smallest absolute Gasteiger partial charge is 0.197 e. The zero-order valence-corrected chi connectivity index (χ0v) is 11.2. The number of halogens is 2. The third kappa shape index (κ3) is 2.43. The molecule has 0 atom stereocenters. The summed E-state index contributed by atoms with van der Waals surface area (Å²) in [4.78, 5) is 12.3. The number of hydrogen-bond acceptors (Lipinski definition) is 2. The lowest BCUT2D eigenvalue weighted by molar-refractivity contribution is 0.103. The van der Waals surface area contributed by atoms with Gasteiger partial charge >= 0.3 is 0 Å². The van der Waals surface area contributed by atoms with E-state index in [1.165, 1.54) is 25.3 Å². The van der Waals surface area contributed by atoms with Crippen LogP contribution in [-0.4, -0.2) is 12.9 Å². The number of hydrogen-bond donors (Lipinski definition) is 0. The number of rotatable bonds is 3. The van der Waals surface area contributed by atoms with Gasteiger partial charge in [-0.05, 0) is 30.3 Å². The molecule has 2 aromatic rings. The number of ketones is 1. The van der Waals surface area contributed by atoms with E-state index >= 15 is 0 Å². The Balaban J connectivity index is 2.52. The standard InChI is InChI=1S/C14H10BrFO2/c1-18-13-7-6-9(16)8-11(13)14(17)10-4-2-3-5-12(10)15/h2-8H,1H3. The van der Waals surface area contributed by atoms with E-state index in [0.29, 0.717) is 15.8 Å². The Hall–Kier alpha value is -1.68. The summed E-state index contributed by atoms with van der Waals surface area (Å²) in [6, 6.07) is 10.9. The molecule has 0 N–H and O–H groups in total. The summed E-state index contributed by atoms with van der Waals surface area (Å²) in [7, 11) is 1.45. The fourth-order valence-electron chi connectivity index (χ4n) is 1.65. The van der Waals surface area contributed by atoms with Crippen LogP contribution in [-0.2, 0) is 0 Å². The molecule has 2 rings (SSSR count). The lowest BCUT2D eigenvalue weighted by atomic mass is 10.0. The van der Waals surface area contributed by atoms with E-state index in [1.807, 2.05) is 6.07 Å². The quantitative estimate of drug-likeness (QED) is 0.806. The third-order valence-electron chi connectivity index (χ3n) is 2.52. The molecule has 0 saturated carbocycles. The van der Waals surface area contributed by atoms with Crippen LogP contribution in [0.3, 0.4) is 0 Å². The summed E-state index contributed by atoms with van der Waals surface area (Å²) in [5, 5.41) is 0. The Kier molecular flexibility index (Phi) is 3.77. The van der Waals surface area contributed by atoms with Crippen LogP contribution in [0.25, 0.3) is 0 Å². The predicted octanol–water partition coefficient (Wildman–Crippen LogP) is 3.83. The number of carbonyl (C=O) groups is 1. The van der Waals surface area contributed by atoms with Crippen LogP contribution in [0.1, 0.15) is 15.9 Å². The zero-order valence-electron chi connectivity index (χ0n) is 9.61. The topological polar surface area (TPSA) is 26.3 Å². The molecule has 92 valence electrons. The van der Waals surface area contributed by atoms with Crippen LogP contribution in [0, 0.1) is 5.82 Å². The Bertz CT molecular complexity index is 596. The summed E-state index contributed by atoms with van der Waals surface area (Å²) in [6.45, 7) is 0. The van der Waals surface area contributed by atoms with E-state index in [-0.39, 0.29) is 11.3 Å². The predicted molar refractivity (Wildman–Crippen MR) is 70.5 cm³/mol. The zero-order chi connectivity index (χ0) is 13.1. The van der Waals surface area contributed by atoms with E-state index in [2.05, 4.69) is 15.9 Å². The summed E-state index contributed by atoms with van der Waals surface area (Å²) in [5.74, 6) is -0.387. The first kappa shape index (κ1) is 12.8. The van der Waals surface area contributed by atoms with Crippen molar-refractivity contribution in [2.45, 2.75) is 0 Å². The van der Waals surface area contributed by atoms with Crippen molar-refractivity contribution in [3.05, 3.63) is 63.9 Å². The summed E-state index contributed by atoms with van der Waals surface area (Å²) in [5.41, 5.74) is 0.686. The monoisotopic (exact) mass is 308 g/mol. The molecule has 2 nitrogen and oxygen atoms in total. The molecule has 0 amide bonds. The van der Waals surface area contributed by atoms with Gasteiger partial charge in [-0.3, -0.25) is 4.79 Å². The van der Waals surface area contributed by atoms with Crippen LogP contribution in [0.2, 0.25) is 0 Å². The van der Waals surface area contributed by atoms with Gasteiger partial charge in [0, 0.05) is 10.0 Å². The van der Waals surface area contributed by atoms with Crippen LogP contribution < -0.4 is 4.74 Å². The summed E-state index contributed by atoms with van der Waals surface area (Å²) < 4.78 is 19.0. The van der Waals surface area contributed by atoms with E-state index in [0.717, 1.165) is 0 Å². The molecule has 0 aliphatic rings. The van der Waals surface area contributed by atoms with Crippen molar-refractivity contribution >= 4 is 21.7 Å². The largest absolute Gasteiger partial charge is 0.496 e. The number of methoxy groups -OCH3 is 1. The minimum absolute atomic E-state index is 0.212. The van der Waals surface area contributed by atoms with E-state index in [1.54, 1.807) is 18.2 Å². The molecule has 18 heavy (non-hydrogen) atoms. The lowest BCUT2D eigenvalue weighted by Gasteiger charge is -2.08. The average molecular weight is 309 g/mol. The molecular formula is C14H10BrFO2. The molecule has 0 heterocycles. The van der Waals surface area contributed by atoms with Gasteiger partial charge in [0.15, 0.2) is 5.78 Å². The molecule has 0 radical (unpaired) electrons. The minimum atomic E-state index is -0.466. The fraction of sp³-hybridized carbons (Fsp3) is 0.0714. The van der Waals surface area contributed by atoms with Gasteiger partial charge < -0.3 is 4.74 Å². The Morgan fingerprint density at radius 1 is 1.17 bits per heavy atom. The maximum Gasteiger partial charge on any atom is 0.197 e. The molecule has 0 aromatic heterocycles. The molecule has 2 aromatic carbocycles. The van der Waals surface area contributed by atoms with Gasteiger partial charge in [0.1, 0.15) is 11.6 Å². The number of carbonyl (C=O) groups excluding carboxylic acids is 1. The minimum Gasteiger partial charge on any atom is -0.496 e. The molecule has 0 aliphatic carbocycles. The normalized spacial score (nSPS) is 10.2. The van der Waals surface area contributed by atoms with Crippen LogP contribution in [0.15, 0.2) is 46.9 Å². The first-order valence-electron chi connectivity index (χ1n) is 5.26. The first-order chi connectivity index (χ1) is 8.63. The second-order valence-corrected chi connectivity index (χ2v) is 4.51. The SMILES string of the molecule is COc1ccc(F)cc1C(=O)c1ccccc1Br. The van der Waals surface area contributed by atoms with Crippen LogP contribution in [0.4, 0.5) is 4.39 Å². The van der Waals surface area contributed by atoms with Crippen molar-refractivity contribution in [1.82, 2.24) is 0 Å². The second-order valence-electron chi connectivity index (χ2n) is 3.65. The second kappa shape index (κ2) is 5.31. The highest BCUT2D eigenvalue weighted by molar-refractivity contribution is 9.10. The van der Waals surface area contributed by atoms with Gasteiger partial charge in [-0.2, -0.15) is 0 Å². The van der Waals surface area contributed by atoms with Gasteiger partial charge in [-0.25, -0.2) is 4.39 Å². The van der Waals surface area contributed by atoms with Crippen molar-refractivity contribution in [2.75, 3.05) is 7.11 Å². The summed E-state index contributed by atoms with van der Waals surface area (Å²) >= 11 is 3.30. The molecule has 4 heteroatoms. The summed E-state index contributed by atoms with van der Waals surface area (Å²) in [6.07, 6.45) is 0. The Morgan fingerprint density at radius 2 is 1.89 bits per heavy atom. The maximum absolute atomic E-state index is 13.2. The van der Waals surface area contributed by atoms with Crippen LogP contribution in [0.5, 0.6) is 5.75 Å². The van der Waals surface area contributed by atoms with Crippen molar-refractivity contribution < 1.29 is 13.9 Å². The van der Waals surface area contributed by atoms with Gasteiger partial charge in [0.2, 0.25) is 0 Å². The lowest BCUT2D eigenvalue weighted by Crippen LogP contribution is -2.05. The van der Waals surface area contributed by atoms with Crippen molar-refractivity contribution in [2.24, 2.45) is 0 Å². The highest BCUT2D eigenvalue weighted by Gasteiger charge is 2.17.